The Kier molecular flexibility index (Phi) is 22.5. The van der Waals surface area contributed by atoms with Crippen LogP contribution in [0, 0.1) is 29.5 Å². The van der Waals surface area contributed by atoms with Gasteiger partial charge in [0.05, 0.1) is 61.8 Å². The highest BCUT2D eigenvalue weighted by Crippen LogP contribution is 2.38. The van der Waals surface area contributed by atoms with Crippen LogP contribution >= 0.6 is 0 Å². The predicted molar refractivity (Wildman–Crippen MR) is 259 cm³/mol. The molecule has 3 fully saturated rings. The van der Waals surface area contributed by atoms with Crippen LogP contribution in [0.15, 0.2) is 48.1 Å². The minimum absolute atomic E-state index is 0.0120. The van der Waals surface area contributed by atoms with Gasteiger partial charge >= 0.3 is 5.97 Å². The van der Waals surface area contributed by atoms with Gasteiger partial charge in [-0.3, -0.25) is 9.59 Å². The van der Waals surface area contributed by atoms with Gasteiger partial charge in [-0.05, 0) is 91.2 Å². The third-order valence-electron chi connectivity index (χ3n) is 14.7. The predicted octanol–water partition coefficient (Wildman–Crippen LogP) is 4.20. The first kappa shape index (κ1) is 59.8. The first-order chi connectivity index (χ1) is 34.0. The summed E-state index contributed by atoms with van der Waals surface area (Å²) in [5.74, 6) is -4.03. The maximum absolute atomic E-state index is 13.9. The number of ether oxygens (including phenoxy) is 10. The van der Waals surface area contributed by atoms with Gasteiger partial charge in [-0.15, -0.1) is 0 Å². The van der Waals surface area contributed by atoms with Crippen molar-refractivity contribution >= 4 is 18.0 Å². The third-order valence-corrected chi connectivity index (χ3v) is 14.7. The molecule has 21 unspecified atom stereocenters. The molecule has 0 spiro atoms. The lowest BCUT2D eigenvalue weighted by Gasteiger charge is -2.50. The van der Waals surface area contributed by atoms with Crippen molar-refractivity contribution in [2.24, 2.45) is 23.7 Å². The van der Waals surface area contributed by atoms with Crippen molar-refractivity contribution in [2.75, 3.05) is 34.9 Å². The number of rotatable bonds is 16. The van der Waals surface area contributed by atoms with Crippen LogP contribution in [0.5, 0.6) is 0 Å². The van der Waals surface area contributed by atoms with E-state index in [4.69, 9.17) is 47.4 Å². The molecule has 5 rings (SSSR count). The smallest absolute Gasteiger partial charge is 0.308 e. The summed E-state index contributed by atoms with van der Waals surface area (Å²) in [5, 5.41) is 46.4. The van der Waals surface area contributed by atoms with E-state index >= 15 is 0 Å². The Morgan fingerprint density at radius 1 is 0.847 bits per heavy atom. The molecule has 19 heteroatoms. The first-order valence-corrected chi connectivity index (χ1v) is 25.3. The number of esters is 1. The number of hydrogen-bond acceptors (Lipinski definition) is 18. The maximum atomic E-state index is 13.9. The molecule has 21 atom stereocenters. The highest BCUT2D eigenvalue weighted by atomic mass is 19.1. The lowest BCUT2D eigenvalue weighted by Crippen LogP contribution is -2.65. The van der Waals surface area contributed by atoms with Crippen LogP contribution in [0.25, 0.3) is 0 Å². The van der Waals surface area contributed by atoms with E-state index in [-0.39, 0.29) is 44.1 Å². The summed E-state index contributed by atoms with van der Waals surface area (Å²) in [6.45, 7) is 14.0. The fourth-order valence-corrected chi connectivity index (χ4v) is 10.6. The Morgan fingerprint density at radius 2 is 1.51 bits per heavy atom. The lowest BCUT2D eigenvalue weighted by atomic mass is 9.79. The highest BCUT2D eigenvalue weighted by molar-refractivity contribution is 5.91. The summed E-state index contributed by atoms with van der Waals surface area (Å²) in [6.07, 6.45) is -8.17. The number of halogens is 1. The van der Waals surface area contributed by atoms with Crippen LogP contribution in [0.3, 0.4) is 0 Å². The monoisotopic (exact) mass is 1020 g/mol. The number of ketones is 1. The summed E-state index contributed by atoms with van der Waals surface area (Å²) in [6, 6.07) is 5.12. The van der Waals surface area contributed by atoms with Gasteiger partial charge < -0.3 is 77.5 Å². The van der Waals surface area contributed by atoms with Gasteiger partial charge in [0.25, 0.3) is 0 Å². The van der Waals surface area contributed by atoms with Crippen LogP contribution < -0.4 is 0 Å². The van der Waals surface area contributed by atoms with Crippen molar-refractivity contribution in [3.63, 3.8) is 0 Å². The number of aliphatic hydroxyl groups is 4. The van der Waals surface area contributed by atoms with E-state index < -0.39 is 140 Å². The van der Waals surface area contributed by atoms with Gasteiger partial charge in [0.15, 0.2) is 24.7 Å². The molecule has 1 aromatic carbocycles. The third kappa shape index (κ3) is 15.3. The summed E-state index contributed by atoms with van der Waals surface area (Å²) < 4.78 is 75.1. The van der Waals surface area contributed by atoms with Crippen molar-refractivity contribution in [1.82, 2.24) is 4.90 Å². The van der Waals surface area contributed by atoms with E-state index in [1.165, 1.54) is 32.4 Å². The molecule has 4 aliphatic heterocycles. The Morgan fingerprint density at radius 3 is 2.12 bits per heavy atom. The number of carbonyl (C=O) groups excluding carboxylic acids is 3. The number of aliphatic hydroxyl groups excluding tert-OH is 3. The molecule has 0 aliphatic carbocycles. The average Bonchev–Trinajstić information content (AvgIpc) is 3.31. The molecule has 0 aromatic heterocycles. The number of aldehydes is 1. The molecule has 72 heavy (non-hydrogen) atoms. The minimum Gasteiger partial charge on any atom is -0.462 e. The van der Waals surface area contributed by atoms with E-state index in [0.717, 1.165) is 11.8 Å². The van der Waals surface area contributed by atoms with Gasteiger partial charge in [-0.2, -0.15) is 0 Å². The number of carbonyl (C=O) groups is 3. The van der Waals surface area contributed by atoms with Gasteiger partial charge in [0.1, 0.15) is 54.8 Å². The van der Waals surface area contributed by atoms with Crippen LogP contribution in [-0.4, -0.2) is 182 Å². The maximum Gasteiger partial charge on any atom is 0.308 e. The zero-order valence-corrected chi connectivity index (χ0v) is 44.0. The lowest BCUT2D eigenvalue weighted by molar-refractivity contribution is -0.344. The zero-order valence-electron chi connectivity index (χ0n) is 44.0. The summed E-state index contributed by atoms with van der Waals surface area (Å²) in [5.41, 5.74) is -0.00220. The van der Waals surface area contributed by atoms with Crippen molar-refractivity contribution in [3.05, 3.63) is 59.4 Å². The molecule has 18 nitrogen and oxygen atoms in total. The molecular weight excluding hydrogens is 942 g/mol. The van der Waals surface area contributed by atoms with Gasteiger partial charge in [-0.1, -0.05) is 50.6 Å². The molecular formula is C53H82FNO17. The number of likely N-dealkylation sites (N-methyl/N-ethyl adjacent to an activating group) is 1. The summed E-state index contributed by atoms with van der Waals surface area (Å²) in [4.78, 5) is 41.8. The van der Waals surface area contributed by atoms with Gasteiger partial charge in [0, 0.05) is 44.8 Å². The molecule has 0 amide bonds. The fraction of sp³-hybridized carbons (Fsp3) is 0.755. The highest BCUT2D eigenvalue weighted by Gasteiger charge is 2.52. The standard InChI is InChI=1S/C53H82FNO17/c1-13-40-36(27-66-52-49(64-12)48(63-11)44(60)31(5)68-52)22-28(2)14-19-38(57)29(3)23-35(20-21-56)46(30(4)39(58)24-41(59)70-40)72-51-45(61)43(55(9)10)47(32(6)69-51)71-42-25-53(8,62)50(33(7)67-42)65-26-34-15-17-37(54)18-16-34/h14-19,21-22,29-33,35-36,39-40,42-52,58,60-62H,13,20,23-27H2,1-12H3. The topological polar surface area (TPSA) is 228 Å². The number of hydrogen-bond donors (Lipinski definition) is 4. The normalized spacial score (nSPS) is 40.9. The van der Waals surface area contributed by atoms with E-state index in [1.807, 2.05) is 19.9 Å². The number of nitrogens with zero attached hydrogens (tertiary/aromatic N) is 1. The molecule has 0 bridgehead atoms. The Hall–Kier alpha value is -3.12. The van der Waals surface area contributed by atoms with Crippen LogP contribution in [0.1, 0.15) is 93.1 Å². The second kappa shape index (κ2) is 27.1. The Labute approximate surface area is 424 Å². The molecule has 3 saturated heterocycles. The number of benzene rings is 1. The van der Waals surface area contributed by atoms with Crippen molar-refractivity contribution in [3.8, 4) is 0 Å². The molecule has 4 heterocycles. The number of methoxy groups -OCH3 is 2. The van der Waals surface area contributed by atoms with Crippen LogP contribution in [0.2, 0.25) is 0 Å². The molecule has 1 aromatic rings. The molecule has 4 N–H and O–H groups in total. The molecule has 0 saturated carbocycles. The molecule has 4 aliphatic rings. The first-order valence-electron chi connectivity index (χ1n) is 25.3. The van der Waals surface area contributed by atoms with Crippen LogP contribution in [-0.2, 0) is 68.4 Å². The van der Waals surface area contributed by atoms with Gasteiger partial charge in [0.2, 0.25) is 0 Å². The Bertz CT molecular complexity index is 1940. The van der Waals surface area contributed by atoms with Gasteiger partial charge in [-0.25, -0.2) is 4.39 Å². The SMILES string of the molecule is CCC1OC(=O)CC(O)C(C)C(OC2OC(C)C(OC3CC(C)(O)C(OCc4ccc(F)cc4)C(C)O3)C(N(C)C)C2O)C(CC=O)CC(C)C(=O)C=CC(C)=CC1COC1OC(C)C(O)C(OC)C1OC. The summed E-state index contributed by atoms with van der Waals surface area (Å²) in [7, 11) is 6.45. The van der Waals surface area contributed by atoms with E-state index in [1.54, 1.807) is 78.7 Å². The second-order valence-electron chi connectivity index (χ2n) is 20.7. The minimum atomic E-state index is -1.41. The molecule has 408 valence electrons. The number of allylic oxidation sites excluding steroid dienone is 3. The van der Waals surface area contributed by atoms with Crippen molar-refractivity contribution < 1.29 is 86.6 Å². The van der Waals surface area contributed by atoms with E-state index in [9.17, 15) is 39.2 Å². The Balaban J connectivity index is 1.35. The van der Waals surface area contributed by atoms with Crippen molar-refractivity contribution in [1.29, 1.82) is 0 Å². The molecule has 0 radical (unpaired) electrons. The average molecular weight is 1020 g/mol. The van der Waals surface area contributed by atoms with E-state index in [2.05, 4.69) is 0 Å². The zero-order chi connectivity index (χ0) is 53.2. The fourth-order valence-electron chi connectivity index (χ4n) is 10.6. The second-order valence-corrected chi connectivity index (χ2v) is 20.7. The summed E-state index contributed by atoms with van der Waals surface area (Å²) >= 11 is 0. The van der Waals surface area contributed by atoms with Crippen LogP contribution in [0.4, 0.5) is 4.39 Å². The number of cyclic esters (lactones) is 1. The van der Waals surface area contributed by atoms with E-state index in [0.29, 0.717) is 12.0 Å². The van der Waals surface area contributed by atoms with Crippen molar-refractivity contribution in [2.45, 2.75) is 198 Å². The quantitative estimate of drug-likeness (QED) is 0.134. The largest absolute Gasteiger partial charge is 0.462 e.